The molecule has 11 rings (SSSR count). The van der Waals surface area contributed by atoms with E-state index in [1.165, 1.54) is 59.2 Å². The maximum absolute atomic E-state index is 5.08. The highest BCUT2D eigenvalue weighted by Gasteiger charge is 2.20. The maximum atomic E-state index is 5.08. The standard InChI is InChI=1S/C49H30N4S/c1-4-15-31(16-5-1)41-30-43-45(37-22-11-10-21-35(37)41)39-23-12-13-26-42(39)53(43)34-27-28-36-38-24-14-25-40(46(38)54-44(36)29-34)49-51-47(32-17-6-2-7-18-32)50-48(52-49)33-19-8-3-9-20-33/h1-30H. The molecule has 0 aliphatic heterocycles. The normalized spacial score (nSPS) is 11.7. The van der Waals surface area contributed by atoms with Crippen LogP contribution in [0, 0.1) is 0 Å². The van der Waals surface area contributed by atoms with Gasteiger partial charge in [-0.3, -0.25) is 0 Å². The minimum absolute atomic E-state index is 0.661. The van der Waals surface area contributed by atoms with Gasteiger partial charge in [0.2, 0.25) is 0 Å². The first kappa shape index (κ1) is 30.7. The van der Waals surface area contributed by atoms with Crippen molar-refractivity contribution in [1.29, 1.82) is 0 Å². The van der Waals surface area contributed by atoms with Gasteiger partial charge in [0.1, 0.15) is 0 Å². The zero-order valence-corrected chi connectivity index (χ0v) is 29.8. The Hall–Kier alpha value is -6.95. The number of thiophene rings is 1. The first-order valence-corrected chi connectivity index (χ1v) is 18.9. The minimum atomic E-state index is 0.661. The summed E-state index contributed by atoms with van der Waals surface area (Å²) in [6.45, 7) is 0. The highest BCUT2D eigenvalue weighted by Crippen LogP contribution is 2.44. The van der Waals surface area contributed by atoms with Gasteiger partial charge in [0, 0.05) is 53.3 Å². The Labute approximate surface area is 315 Å². The van der Waals surface area contributed by atoms with Gasteiger partial charge in [-0.05, 0) is 52.2 Å². The van der Waals surface area contributed by atoms with Crippen molar-refractivity contribution in [3.8, 4) is 51.0 Å². The summed E-state index contributed by atoms with van der Waals surface area (Å²) in [6, 6.07) is 64.4. The van der Waals surface area contributed by atoms with Gasteiger partial charge < -0.3 is 4.57 Å². The minimum Gasteiger partial charge on any atom is -0.309 e. The van der Waals surface area contributed by atoms with Crippen LogP contribution in [-0.2, 0) is 0 Å². The summed E-state index contributed by atoms with van der Waals surface area (Å²) in [4.78, 5) is 15.1. The first-order valence-electron chi connectivity index (χ1n) is 18.1. The highest BCUT2D eigenvalue weighted by molar-refractivity contribution is 7.26. The van der Waals surface area contributed by atoms with Crippen molar-refractivity contribution in [2.24, 2.45) is 0 Å². The zero-order valence-electron chi connectivity index (χ0n) is 29.0. The van der Waals surface area contributed by atoms with E-state index in [0.717, 1.165) is 27.1 Å². The number of aromatic nitrogens is 4. The number of nitrogens with zero attached hydrogens (tertiary/aromatic N) is 4. The molecule has 3 aromatic heterocycles. The zero-order chi connectivity index (χ0) is 35.6. The molecule has 0 aliphatic carbocycles. The molecule has 0 N–H and O–H groups in total. The Morgan fingerprint density at radius 3 is 1.65 bits per heavy atom. The Balaban J connectivity index is 1.14. The SMILES string of the molecule is c1ccc(-c2nc(-c3ccccc3)nc(-c3cccc4c3sc3cc(-n5c6ccccc6c6c7ccccc7c(-c7ccccc7)cc65)ccc34)n2)cc1. The lowest BCUT2D eigenvalue weighted by molar-refractivity contribution is 1.08. The molecule has 0 bridgehead atoms. The number of rotatable bonds is 5. The largest absolute Gasteiger partial charge is 0.309 e. The average molecular weight is 707 g/mol. The molecule has 252 valence electrons. The molecule has 0 fully saturated rings. The topological polar surface area (TPSA) is 43.6 Å². The molecule has 4 nitrogen and oxygen atoms in total. The molecule has 54 heavy (non-hydrogen) atoms. The van der Waals surface area contributed by atoms with E-state index in [1.807, 2.05) is 36.4 Å². The van der Waals surface area contributed by atoms with E-state index in [2.05, 4.69) is 150 Å². The van der Waals surface area contributed by atoms with Crippen molar-refractivity contribution in [3.63, 3.8) is 0 Å². The van der Waals surface area contributed by atoms with Crippen molar-refractivity contribution in [1.82, 2.24) is 19.5 Å². The van der Waals surface area contributed by atoms with Crippen LogP contribution in [0.1, 0.15) is 0 Å². The number of para-hydroxylation sites is 1. The third-order valence-corrected chi connectivity index (χ3v) is 11.6. The molecule has 3 heterocycles. The third-order valence-electron chi connectivity index (χ3n) is 10.4. The van der Waals surface area contributed by atoms with E-state index >= 15 is 0 Å². The molecule has 11 aromatic rings. The Morgan fingerprint density at radius 2 is 0.944 bits per heavy atom. The van der Waals surface area contributed by atoms with E-state index in [-0.39, 0.29) is 0 Å². The Kier molecular flexibility index (Phi) is 7.00. The summed E-state index contributed by atoms with van der Waals surface area (Å²) in [7, 11) is 0. The number of hydrogen-bond donors (Lipinski definition) is 0. The van der Waals surface area contributed by atoms with E-state index in [0.29, 0.717) is 17.5 Å². The lowest BCUT2D eigenvalue weighted by Crippen LogP contribution is -2.00. The molecule has 0 amide bonds. The highest BCUT2D eigenvalue weighted by atomic mass is 32.1. The molecule has 0 atom stereocenters. The van der Waals surface area contributed by atoms with Gasteiger partial charge in [-0.25, -0.2) is 15.0 Å². The predicted molar refractivity (Wildman–Crippen MR) is 226 cm³/mol. The van der Waals surface area contributed by atoms with Crippen molar-refractivity contribution in [3.05, 3.63) is 182 Å². The van der Waals surface area contributed by atoms with E-state index in [9.17, 15) is 0 Å². The summed E-state index contributed by atoms with van der Waals surface area (Å²) in [5.74, 6) is 1.99. The Morgan fingerprint density at radius 1 is 0.370 bits per heavy atom. The molecule has 0 unspecified atom stereocenters. The average Bonchev–Trinajstić information content (AvgIpc) is 3.79. The molecule has 0 aliphatic rings. The van der Waals surface area contributed by atoms with Crippen LogP contribution in [0.5, 0.6) is 0 Å². The van der Waals surface area contributed by atoms with Gasteiger partial charge in [-0.15, -0.1) is 11.3 Å². The van der Waals surface area contributed by atoms with E-state index in [4.69, 9.17) is 15.0 Å². The van der Waals surface area contributed by atoms with Crippen molar-refractivity contribution < 1.29 is 0 Å². The van der Waals surface area contributed by atoms with Crippen molar-refractivity contribution in [2.75, 3.05) is 0 Å². The van der Waals surface area contributed by atoms with Gasteiger partial charge in [0.25, 0.3) is 0 Å². The fourth-order valence-electron chi connectivity index (χ4n) is 8.00. The fraction of sp³-hybridized carbons (Fsp3) is 0. The van der Waals surface area contributed by atoms with Gasteiger partial charge >= 0.3 is 0 Å². The van der Waals surface area contributed by atoms with E-state index < -0.39 is 0 Å². The van der Waals surface area contributed by atoms with E-state index in [1.54, 1.807) is 11.3 Å². The van der Waals surface area contributed by atoms with Crippen LogP contribution >= 0.6 is 11.3 Å². The maximum Gasteiger partial charge on any atom is 0.165 e. The van der Waals surface area contributed by atoms with Crippen LogP contribution in [-0.4, -0.2) is 19.5 Å². The van der Waals surface area contributed by atoms with Gasteiger partial charge in [0.05, 0.1) is 11.0 Å². The van der Waals surface area contributed by atoms with Crippen LogP contribution < -0.4 is 0 Å². The summed E-state index contributed by atoms with van der Waals surface area (Å²) >= 11 is 1.80. The predicted octanol–water partition coefficient (Wildman–Crippen LogP) is 13.2. The monoisotopic (exact) mass is 706 g/mol. The lowest BCUT2D eigenvalue weighted by atomic mass is 9.95. The summed E-state index contributed by atoms with van der Waals surface area (Å²) in [6.07, 6.45) is 0. The number of benzene rings is 8. The van der Waals surface area contributed by atoms with Crippen LogP contribution in [0.4, 0.5) is 0 Å². The van der Waals surface area contributed by atoms with Crippen LogP contribution in [0.15, 0.2) is 182 Å². The second kappa shape index (κ2) is 12.3. The van der Waals surface area contributed by atoms with Crippen LogP contribution in [0.3, 0.4) is 0 Å². The van der Waals surface area contributed by atoms with Gasteiger partial charge in [-0.2, -0.15) is 0 Å². The van der Waals surface area contributed by atoms with Crippen LogP contribution in [0.25, 0.3) is 104 Å². The van der Waals surface area contributed by atoms with Gasteiger partial charge in [-0.1, -0.05) is 152 Å². The quantitative estimate of drug-likeness (QED) is 0.179. The molecule has 8 aromatic carbocycles. The van der Waals surface area contributed by atoms with Gasteiger partial charge in [0.15, 0.2) is 17.5 Å². The summed E-state index contributed by atoms with van der Waals surface area (Å²) in [5.41, 5.74) is 8.89. The van der Waals surface area contributed by atoms with Crippen LogP contribution in [0.2, 0.25) is 0 Å². The third kappa shape index (κ3) is 4.86. The first-order chi connectivity index (χ1) is 26.8. The second-order valence-electron chi connectivity index (χ2n) is 13.6. The molecule has 0 spiro atoms. The molecule has 0 saturated heterocycles. The number of hydrogen-bond acceptors (Lipinski definition) is 4. The molecule has 0 saturated carbocycles. The molecule has 5 heteroatoms. The molecular weight excluding hydrogens is 677 g/mol. The fourth-order valence-corrected chi connectivity index (χ4v) is 9.24. The molecule has 0 radical (unpaired) electrons. The molecular formula is C49H30N4S. The van der Waals surface area contributed by atoms with Crippen molar-refractivity contribution >= 4 is 64.1 Å². The number of fused-ring (bicyclic) bond motifs is 8. The van der Waals surface area contributed by atoms with Crippen molar-refractivity contribution in [2.45, 2.75) is 0 Å². The second-order valence-corrected chi connectivity index (χ2v) is 14.6. The summed E-state index contributed by atoms with van der Waals surface area (Å²) in [5, 5.41) is 7.46. The lowest BCUT2D eigenvalue weighted by Gasteiger charge is -2.12. The Bertz CT molecular complexity index is 3140. The summed E-state index contributed by atoms with van der Waals surface area (Å²) < 4.78 is 4.82. The smallest absolute Gasteiger partial charge is 0.165 e.